The van der Waals surface area contributed by atoms with Gasteiger partial charge < -0.3 is 9.84 Å². The fraction of sp³-hybridized carbons (Fsp3) is 0.333. The first-order valence-corrected chi connectivity index (χ1v) is 6.87. The van der Waals surface area contributed by atoms with E-state index in [-0.39, 0.29) is 23.6 Å². The van der Waals surface area contributed by atoms with Gasteiger partial charge in [0, 0.05) is 19.2 Å². The minimum Gasteiger partial charge on any atom is -0.384 e. The second kappa shape index (κ2) is 7.21. The summed E-state index contributed by atoms with van der Waals surface area (Å²) in [5, 5.41) is 8.61. The first-order chi connectivity index (χ1) is 9.01. The van der Waals surface area contributed by atoms with Gasteiger partial charge in [0.05, 0.1) is 11.5 Å². The van der Waals surface area contributed by atoms with Gasteiger partial charge in [0.15, 0.2) is 0 Å². The van der Waals surface area contributed by atoms with Crippen molar-refractivity contribution in [2.45, 2.75) is 4.90 Å². The molecule has 5 nitrogen and oxygen atoms in total. The molecule has 1 aromatic rings. The van der Waals surface area contributed by atoms with Gasteiger partial charge in [-0.2, -0.15) is 0 Å². The summed E-state index contributed by atoms with van der Waals surface area (Å²) < 4.78 is 44.1. The Morgan fingerprint density at radius 3 is 2.84 bits per heavy atom. The molecule has 19 heavy (non-hydrogen) atoms. The molecule has 0 saturated carbocycles. The van der Waals surface area contributed by atoms with Crippen LogP contribution in [0.25, 0.3) is 0 Å². The van der Waals surface area contributed by atoms with Gasteiger partial charge in [0.25, 0.3) is 0 Å². The second-order valence-corrected chi connectivity index (χ2v) is 5.23. The van der Waals surface area contributed by atoms with Gasteiger partial charge in [0.1, 0.15) is 12.4 Å². The van der Waals surface area contributed by atoms with Crippen molar-refractivity contribution in [3.8, 4) is 11.8 Å². The topological polar surface area (TPSA) is 75.6 Å². The highest BCUT2D eigenvalue weighted by atomic mass is 32.2. The largest absolute Gasteiger partial charge is 0.384 e. The van der Waals surface area contributed by atoms with Crippen LogP contribution in [0, 0.1) is 17.7 Å². The average molecular weight is 287 g/mol. The molecule has 2 N–H and O–H groups in total. The molecule has 0 aliphatic heterocycles. The zero-order valence-corrected chi connectivity index (χ0v) is 11.1. The molecule has 0 fully saturated rings. The van der Waals surface area contributed by atoms with E-state index in [1.807, 2.05) is 0 Å². The lowest BCUT2D eigenvalue weighted by molar-refractivity contribution is 0.204. The zero-order chi connectivity index (χ0) is 14.3. The number of nitrogens with one attached hydrogen (secondary N) is 1. The van der Waals surface area contributed by atoms with E-state index in [1.165, 1.54) is 7.11 Å². The highest BCUT2D eigenvalue weighted by molar-refractivity contribution is 7.89. The molecule has 0 spiro atoms. The number of sulfonamides is 1. The molecule has 0 amide bonds. The van der Waals surface area contributed by atoms with Crippen LogP contribution >= 0.6 is 0 Å². The SMILES string of the molecule is COCCNS(=O)(=O)c1ccc(F)cc1C#CCO. The molecule has 0 radical (unpaired) electrons. The normalized spacial score (nSPS) is 10.9. The summed E-state index contributed by atoms with van der Waals surface area (Å²) in [6.45, 7) is -0.117. The van der Waals surface area contributed by atoms with Crippen LogP contribution in [-0.4, -0.2) is 40.4 Å². The van der Waals surface area contributed by atoms with Crippen molar-refractivity contribution >= 4 is 10.0 Å². The Kier molecular flexibility index (Phi) is 5.92. The van der Waals surface area contributed by atoms with Crippen molar-refractivity contribution in [2.24, 2.45) is 0 Å². The average Bonchev–Trinajstić information content (AvgIpc) is 2.36. The van der Waals surface area contributed by atoms with Crippen LogP contribution in [0.2, 0.25) is 0 Å². The molecule has 0 aromatic heterocycles. The minimum atomic E-state index is -3.79. The van der Waals surface area contributed by atoms with E-state index in [4.69, 9.17) is 9.84 Å². The van der Waals surface area contributed by atoms with Gasteiger partial charge >= 0.3 is 0 Å². The number of halogens is 1. The summed E-state index contributed by atoms with van der Waals surface area (Å²) >= 11 is 0. The molecule has 0 bridgehead atoms. The summed E-state index contributed by atoms with van der Waals surface area (Å²) in [6.07, 6.45) is 0. The van der Waals surface area contributed by atoms with E-state index in [0.717, 1.165) is 18.2 Å². The van der Waals surface area contributed by atoms with Gasteiger partial charge in [0.2, 0.25) is 10.0 Å². The van der Waals surface area contributed by atoms with E-state index >= 15 is 0 Å². The van der Waals surface area contributed by atoms with Crippen LogP contribution in [0.3, 0.4) is 0 Å². The quantitative estimate of drug-likeness (QED) is 0.595. The van der Waals surface area contributed by atoms with Crippen LogP contribution in [-0.2, 0) is 14.8 Å². The maximum Gasteiger partial charge on any atom is 0.241 e. The third-order valence-corrected chi connectivity index (χ3v) is 3.65. The summed E-state index contributed by atoms with van der Waals surface area (Å²) in [5.74, 6) is 4.10. The molecule has 0 aliphatic carbocycles. The predicted octanol–water partition coefficient (Wildman–Crippen LogP) is 0.0942. The smallest absolute Gasteiger partial charge is 0.241 e. The molecule has 0 aliphatic rings. The number of aliphatic hydroxyl groups is 1. The van der Waals surface area contributed by atoms with Crippen molar-refractivity contribution in [2.75, 3.05) is 26.9 Å². The zero-order valence-electron chi connectivity index (χ0n) is 10.3. The molecule has 0 heterocycles. The number of hydrogen-bond donors (Lipinski definition) is 2. The van der Waals surface area contributed by atoms with Crippen molar-refractivity contribution in [3.05, 3.63) is 29.6 Å². The maximum absolute atomic E-state index is 13.1. The summed E-state index contributed by atoms with van der Waals surface area (Å²) in [7, 11) is -2.34. The van der Waals surface area contributed by atoms with Crippen molar-refractivity contribution < 1.29 is 22.7 Å². The van der Waals surface area contributed by atoms with Crippen LogP contribution in [0.15, 0.2) is 23.1 Å². The minimum absolute atomic E-state index is 0.000957. The third kappa shape index (κ3) is 4.61. The molecule has 0 atom stereocenters. The highest BCUT2D eigenvalue weighted by Crippen LogP contribution is 2.16. The van der Waals surface area contributed by atoms with E-state index in [2.05, 4.69) is 16.6 Å². The molecule has 0 unspecified atom stereocenters. The van der Waals surface area contributed by atoms with Gasteiger partial charge in [-0.15, -0.1) is 0 Å². The van der Waals surface area contributed by atoms with Gasteiger partial charge in [-0.25, -0.2) is 17.5 Å². The van der Waals surface area contributed by atoms with Crippen LogP contribution in [0.1, 0.15) is 5.56 Å². The fourth-order valence-corrected chi connectivity index (χ4v) is 2.48. The lowest BCUT2D eigenvalue weighted by Gasteiger charge is -2.08. The predicted molar refractivity (Wildman–Crippen MR) is 67.4 cm³/mol. The Morgan fingerprint density at radius 1 is 1.47 bits per heavy atom. The number of hydrogen-bond acceptors (Lipinski definition) is 4. The summed E-state index contributed by atoms with van der Waals surface area (Å²) in [5.41, 5.74) is -0.000957. The Balaban J connectivity index is 3.11. The Hall–Kier alpha value is -1.46. The van der Waals surface area contributed by atoms with Crippen molar-refractivity contribution in [1.82, 2.24) is 4.72 Å². The van der Waals surface area contributed by atoms with Gasteiger partial charge in [-0.1, -0.05) is 11.8 Å². The molecular weight excluding hydrogens is 273 g/mol. The molecule has 0 saturated heterocycles. The number of rotatable bonds is 5. The Morgan fingerprint density at radius 2 is 2.21 bits per heavy atom. The third-order valence-electron chi connectivity index (χ3n) is 2.13. The van der Waals surface area contributed by atoms with E-state index in [1.54, 1.807) is 0 Å². The van der Waals surface area contributed by atoms with Crippen LogP contribution in [0.4, 0.5) is 4.39 Å². The van der Waals surface area contributed by atoms with E-state index in [0.29, 0.717) is 0 Å². The van der Waals surface area contributed by atoms with E-state index < -0.39 is 22.4 Å². The van der Waals surface area contributed by atoms with Crippen molar-refractivity contribution in [3.63, 3.8) is 0 Å². The number of ether oxygens (including phenoxy) is 1. The van der Waals surface area contributed by atoms with Crippen molar-refractivity contribution in [1.29, 1.82) is 0 Å². The van der Waals surface area contributed by atoms with E-state index in [9.17, 15) is 12.8 Å². The summed E-state index contributed by atoms with van der Waals surface area (Å²) in [6, 6.07) is 3.18. The first-order valence-electron chi connectivity index (χ1n) is 5.39. The van der Waals surface area contributed by atoms with Gasteiger partial charge in [-0.3, -0.25) is 0 Å². The molecule has 1 rings (SSSR count). The molecular formula is C12H14FNO4S. The molecule has 7 heteroatoms. The lowest BCUT2D eigenvalue weighted by Crippen LogP contribution is -2.27. The standard InChI is InChI=1S/C12H14FNO4S/c1-18-8-6-14-19(16,17)12-5-4-11(13)9-10(12)3-2-7-15/h4-5,9,14-15H,6-8H2,1H3. The molecule has 104 valence electrons. The summed E-state index contributed by atoms with van der Waals surface area (Å²) in [4.78, 5) is -0.133. The van der Waals surface area contributed by atoms with Crippen LogP contribution in [0.5, 0.6) is 0 Å². The molecule has 1 aromatic carbocycles. The number of aliphatic hydroxyl groups excluding tert-OH is 1. The number of benzene rings is 1. The van der Waals surface area contributed by atoms with Gasteiger partial charge in [-0.05, 0) is 18.2 Å². The Bertz CT molecular complexity index is 589. The fourth-order valence-electron chi connectivity index (χ4n) is 1.32. The lowest BCUT2D eigenvalue weighted by atomic mass is 10.2. The second-order valence-electron chi connectivity index (χ2n) is 3.49. The first kappa shape index (κ1) is 15.6. The Labute approximate surface area is 111 Å². The maximum atomic E-state index is 13.1. The number of methoxy groups -OCH3 is 1. The highest BCUT2D eigenvalue weighted by Gasteiger charge is 2.17. The van der Waals surface area contributed by atoms with Crippen LogP contribution < -0.4 is 4.72 Å². The monoisotopic (exact) mass is 287 g/mol.